The molecule has 0 bridgehead atoms. The summed E-state index contributed by atoms with van der Waals surface area (Å²) in [5.41, 5.74) is 0. The van der Waals surface area contributed by atoms with Crippen LogP contribution in [0.15, 0.2) is 0 Å². The molecule has 0 aliphatic carbocycles. The summed E-state index contributed by atoms with van der Waals surface area (Å²) in [7, 11) is 0. The number of hydrogen-bond acceptors (Lipinski definition) is 2. The zero-order valence-corrected chi connectivity index (χ0v) is 15.4. The van der Waals surface area contributed by atoms with Crippen LogP contribution < -0.4 is 5.32 Å². The first kappa shape index (κ1) is 21.9. The highest BCUT2D eigenvalue weighted by atomic mass is 16.4. The maximum absolute atomic E-state index is 11.7. The molecule has 0 heterocycles. The van der Waals surface area contributed by atoms with Gasteiger partial charge in [-0.1, -0.05) is 85.0 Å². The van der Waals surface area contributed by atoms with Crippen molar-refractivity contribution < 1.29 is 14.7 Å². The normalized spacial score (nSPS) is 12.3. The van der Waals surface area contributed by atoms with Crippen molar-refractivity contribution in [2.24, 2.45) is 5.92 Å². The standard InChI is InChI=1S/C19H37NO3/c1-4-5-6-7-8-9-10-11-12-13-14-15-17(21)20-18(16(2)3)19(22)23/h16,18H,4-15H2,1-3H3,(H,20,21)(H,22,23)/t18-/m0/s1. The Morgan fingerprint density at radius 3 is 1.65 bits per heavy atom. The molecule has 0 rings (SSSR count). The third kappa shape index (κ3) is 13.1. The summed E-state index contributed by atoms with van der Waals surface area (Å²) < 4.78 is 0. The van der Waals surface area contributed by atoms with Gasteiger partial charge in [0.25, 0.3) is 0 Å². The lowest BCUT2D eigenvalue weighted by Crippen LogP contribution is -2.44. The lowest BCUT2D eigenvalue weighted by molar-refractivity contribution is -0.143. The molecular formula is C19H37NO3. The highest BCUT2D eigenvalue weighted by Crippen LogP contribution is 2.12. The molecule has 23 heavy (non-hydrogen) atoms. The first-order chi connectivity index (χ1) is 11.0. The minimum Gasteiger partial charge on any atom is -0.480 e. The van der Waals surface area contributed by atoms with Crippen LogP contribution in [-0.4, -0.2) is 23.0 Å². The fraction of sp³-hybridized carbons (Fsp3) is 0.895. The van der Waals surface area contributed by atoms with Crippen molar-refractivity contribution >= 4 is 11.9 Å². The third-order valence-corrected chi connectivity index (χ3v) is 4.26. The maximum atomic E-state index is 11.7. The van der Waals surface area contributed by atoms with Crippen molar-refractivity contribution in [2.45, 2.75) is 104 Å². The molecule has 1 atom stereocenters. The number of rotatable bonds is 15. The Kier molecular flexibility index (Phi) is 13.9. The number of carbonyl (C=O) groups excluding carboxylic acids is 1. The number of aliphatic carboxylic acids is 1. The number of carbonyl (C=O) groups is 2. The smallest absolute Gasteiger partial charge is 0.326 e. The Balaban J connectivity index is 3.47. The van der Waals surface area contributed by atoms with Gasteiger partial charge in [0.05, 0.1) is 0 Å². The van der Waals surface area contributed by atoms with Gasteiger partial charge in [0.15, 0.2) is 0 Å². The summed E-state index contributed by atoms with van der Waals surface area (Å²) in [6.07, 6.45) is 14.2. The van der Waals surface area contributed by atoms with Crippen LogP contribution in [0.2, 0.25) is 0 Å². The summed E-state index contributed by atoms with van der Waals surface area (Å²) in [6.45, 7) is 5.85. The van der Waals surface area contributed by atoms with Crippen LogP contribution in [0.1, 0.15) is 97.8 Å². The predicted octanol–water partition coefficient (Wildman–Crippen LogP) is 4.91. The molecule has 0 aromatic carbocycles. The summed E-state index contributed by atoms with van der Waals surface area (Å²) in [5.74, 6) is -1.18. The van der Waals surface area contributed by atoms with E-state index in [1.165, 1.54) is 57.8 Å². The van der Waals surface area contributed by atoms with Crippen molar-refractivity contribution in [3.8, 4) is 0 Å². The summed E-state index contributed by atoms with van der Waals surface area (Å²) in [4.78, 5) is 22.8. The second-order valence-corrected chi connectivity index (χ2v) is 6.91. The Morgan fingerprint density at radius 1 is 0.826 bits per heavy atom. The molecule has 0 unspecified atom stereocenters. The maximum Gasteiger partial charge on any atom is 0.326 e. The van der Waals surface area contributed by atoms with E-state index < -0.39 is 12.0 Å². The zero-order valence-electron chi connectivity index (χ0n) is 15.4. The molecule has 0 saturated heterocycles. The quantitative estimate of drug-likeness (QED) is 0.420. The Labute approximate surface area is 142 Å². The molecule has 0 fully saturated rings. The van der Waals surface area contributed by atoms with Gasteiger partial charge in [-0.05, 0) is 12.3 Å². The van der Waals surface area contributed by atoms with E-state index in [2.05, 4.69) is 12.2 Å². The van der Waals surface area contributed by atoms with Crippen LogP contribution in [-0.2, 0) is 9.59 Å². The van der Waals surface area contributed by atoms with E-state index in [1.807, 2.05) is 0 Å². The van der Waals surface area contributed by atoms with E-state index in [-0.39, 0.29) is 11.8 Å². The number of nitrogens with one attached hydrogen (secondary N) is 1. The highest BCUT2D eigenvalue weighted by molar-refractivity contribution is 5.83. The Morgan fingerprint density at radius 2 is 1.26 bits per heavy atom. The molecule has 0 saturated carbocycles. The summed E-state index contributed by atoms with van der Waals surface area (Å²) in [5, 5.41) is 11.7. The molecule has 0 aromatic rings. The molecule has 4 nitrogen and oxygen atoms in total. The molecule has 0 aromatic heterocycles. The van der Waals surface area contributed by atoms with Gasteiger partial charge in [-0.25, -0.2) is 4.79 Å². The van der Waals surface area contributed by atoms with Gasteiger partial charge in [-0.15, -0.1) is 0 Å². The van der Waals surface area contributed by atoms with Crippen molar-refractivity contribution in [3.63, 3.8) is 0 Å². The van der Waals surface area contributed by atoms with Crippen LogP contribution in [0.4, 0.5) is 0 Å². The van der Waals surface area contributed by atoms with Crippen molar-refractivity contribution in [1.29, 1.82) is 0 Å². The largest absolute Gasteiger partial charge is 0.480 e. The SMILES string of the molecule is CCCCCCCCCCCCCC(=O)N[C@H](C(=O)O)C(C)C. The van der Waals surface area contributed by atoms with Gasteiger partial charge in [0.1, 0.15) is 6.04 Å². The second kappa shape index (κ2) is 14.5. The van der Waals surface area contributed by atoms with Crippen LogP contribution >= 0.6 is 0 Å². The van der Waals surface area contributed by atoms with Gasteiger partial charge < -0.3 is 10.4 Å². The van der Waals surface area contributed by atoms with Crippen LogP contribution in [0, 0.1) is 5.92 Å². The summed E-state index contributed by atoms with van der Waals surface area (Å²) >= 11 is 0. The first-order valence-electron chi connectivity index (χ1n) is 9.51. The van der Waals surface area contributed by atoms with Gasteiger partial charge in [-0.3, -0.25) is 4.79 Å². The van der Waals surface area contributed by atoms with Crippen LogP contribution in [0.25, 0.3) is 0 Å². The van der Waals surface area contributed by atoms with E-state index in [1.54, 1.807) is 13.8 Å². The van der Waals surface area contributed by atoms with Crippen LogP contribution in [0.3, 0.4) is 0 Å². The van der Waals surface area contributed by atoms with Crippen molar-refractivity contribution in [1.82, 2.24) is 5.32 Å². The molecular weight excluding hydrogens is 290 g/mol. The van der Waals surface area contributed by atoms with Crippen LogP contribution in [0.5, 0.6) is 0 Å². The molecule has 0 radical (unpaired) electrons. The molecule has 0 aliphatic heterocycles. The fourth-order valence-corrected chi connectivity index (χ4v) is 2.71. The molecule has 2 N–H and O–H groups in total. The topological polar surface area (TPSA) is 66.4 Å². The number of carboxylic acids is 1. The predicted molar refractivity (Wildman–Crippen MR) is 95.5 cm³/mol. The first-order valence-corrected chi connectivity index (χ1v) is 9.51. The molecule has 0 spiro atoms. The number of unbranched alkanes of at least 4 members (excludes halogenated alkanes) is 10. The lowest BCUT2D eigenvalue weighted by atomic mass is 10.0. The van der Waals surface area contributed by atoms with Gasteiger partial charge >= 0.3 is 5.97 Å². The number of amides is 1. The Bertz CT molecular complexity index is 316. The number of hydrogen-bond donors (Lipinski definition) is 2. The monoisotopic (exact) mass is 327 g/mol. The number of carboxylic acid groups (broad SMARTS) is 1. The zero-order chi connectivity index (χ0) is 17.5. The lowest BCUT2D eigenvalue weighted by Gasteiger charge is -2.17. The second-order valence-electron chi connectivity index (χ2n) is 6.91. The minimum atomic E-state index is -0.952. The molecule has 4 heteroatoms. The minimum absolute atomic E-state index is 0.0891. The van der Waals surface area contributed by atoms with E-state index in [0.29, 0.717) is 6.42 Å². The van der Waals surface area contributed by atoms with Gasteiger partial charge in [0, 0.05) is 6.42 Å². The molecule has 1 amide bonds. The van der Waals surface area contributed by atoms with Gasteiger partial charge in [0.2, 0.25) is 5.91 Å². The fourth-order valence-electron chi connectivity index (χ4n) is 2.71. The van der Waals surface area contributed by atoms with Gasteiger partial charge in [-0.2, -0.15) is 0 Å². The average molecular weight is 328 g/mol. The van der Waals surface area contributed by atoms with E-state index >= 15 is 0 Å². The Hall–Kier alpha value is -1.06. The molecule has 0 aliphatic rings. The van der Waals surface area contributed by atoms with Crippen molar-refractivity contribution in [2.75, 3.05) is 0 Å². The average Bonchev–Trinajstić information content (AvgIpc) is 2.49. The van der Waals surface area contributed by atoms with E-state index in [0.717, 1.165) is 12.8 Å². The molecule has 136 valence electrons. The van der Waals surface area contributed by atoms with E-state index in [9.17, 15) is 9.59 Å². The highest BCUT2D eigenvalue weighted by Gasteiger charge is 2.22. The third-order valence-electron chi connectivity index (χ3n) is 4.26. The van der Waals surface area contributed by atoms with E-state index in [4.69, 9.17) is 5.11 Å². The summed E-state index contributed by atoms with van der Waals surface area (Å²) in [6, 6.07) is -0.768. The van der Waals surface area contributed by atoms with Crippen molar-refractivity contribution in [3.05, 3.63) is 0 Å².